The molecule has 4 heteroatoms. The molecular weight excluding hydrogens is 254 g/mol. The zero-order valence-corrected chi connectivity index (χ0v) is 12.9. The fraction of sp³-hybridized carbons (Fsp3) is 0.562. The molecule has 0 saturated carbocycles. The van der Waals surface area contributed by atoms with Gasteiger partial charge in [-0.25, -0.2) is 0 Å². The third-order valence-electron chi connectivity index (χ3n) is 3.43. The number of hydrogen-bond donors (Lipinski definition) is 1. The summed E-state index contributed by atoms with van der Waals surface area (Å²) < 4.78 is 5.99. The monoisotopic (exact) mass is 277 g/mol. The molecule has 2 rings (SSSR count). The molecule has 1 aromatic rings. The zero-order chi connectivity index (χ0) is 15.1. The second kappa shape index (κ2) is 4.77. The summed E-state index contributed by atoms with van der Waals surface area (Å²) in [4.78, 5) is 14.5. The molecule has 0 aromatic heterocycles. The summed E-state index contributed by atoms with van der Waals surface area (Å²) in [5.41, 5.74) is 0.601. The van der Waals surface area contributed by atoms with Gasteiger partial charge in [-0.3, -0.25) is 4.79 Å². The summed E-state index contributed by atoms with van der Waals surface area (Å²) in [7, 11) is 0. The third-order valence-corrected chi connectivity index (χ3v) is 3.43. The van der Waals surface area contributed by atoms with Crippen LogP contribution in [0.5, 0.6) is 5.75 Å². The second-order valence-corrected chi connectivity index (χ2v) is 6.78. The lowest BCUT2D eigenvalue weighted by Crippen LogP contribution is -2.58. The van der Waals surface area contributed by atoms with Gasteiger partial charge in [0, 0.05) is 18.7 Å². The van der Waals surface area contributed by atoms with E-state index in [0.717, 1.165) is 0 Å². The van der Waals surface area contributed by atoms with Crippen LogP contribution in [-0.4, -0.2) is 40.2 Å². The lowest BCUT2D eigenvalue weighted by Gasteiger charge is -2.47. The Morgan fingerprint density at radius 2 is 1.75 bits per heavy atom. The summed E-state index contributed by atoms with van der Waals surface area (Å²) in [6, 6.07) is 4.96. The Morgan fingerprint density at radius 3 is 2.25 bits per heavy atom. The summed E-state index contributed by atoms with van der Waals surface area (Å²) in [6.07, 6.45) is 0. The number of phenolic OH excluding ortho intramolecular Hbond substituents is 1. The molecule has 0 atom stereocenters. The van der Waals surface area contributed by atoms with Crippen LogP contribution in [0.4, 0.5) is 0 Å². The minimum atomic E-state index is -0.358. The first kappa shape index (κ1) is 14.9. The molecule has 0 bridgehead atoms. The first-order valence-electron chi connectivity index (χ1n) is 6.89. The van der Waals surface area contributed by atoms with E-state index in [1.165, 1.54) is 0 Å². The van der Waals surface area contributed by atoms with Crippen LogP contribution < -0.4 is 0 Å². The quantitative estimate of drug-likeness (QED) is 0.858. The lowest BCUT2D eigenvalue weighted by atomic mass is 9.98. The number of morpholine rings is 1. The van der Waals surface area contributed by atoms with Crippen LogP contribution in [0.2, 0.25) is 0 Å². The number of aromatic hydroxyl groups is 1. The van der Waals surface area contributed by atoms with Crippen molar-refractivity contribution in [1.29, 1.82) is 0 Å². The van der Waals surface area contributed by atoms with Crippen molar-refractivity contribution < 1.29 is 14.6 Å². The minimum Gasteiger partial charge on any atom is -0.508 e. The number of hydrogen-bond acceptors (Lipinski definition) is 3. The van der Waals surface area contributed by atoms with Gasteiger partial charge in [-0.1, -0.05) is 0 Å². The van der Waals surface area contributed by atoms with E-state index in [4.69, 9.17) is 4.74 Å². The molecule has 110 valence electrons. The van der Waals surface area contributed by atoms with Gasteiger partial charge >= 0.3 is 0 Å². The molecule has 1 aliphatic heterocycles. The first-order chi connectivity index (χ1) is 9.10. The summed E-state index contributed by atoms with van der Waals surface area (Å²) in [5.74, 6) is 0.196. The highest BCUT2D eigenvalue weighted by Gasteiger charge is 2.40. The Balaban J connectivity index is 2.26. The molecule has 1 amide bonds. The van der Waals surface area contributed by atoms with Crippen LogP contribution in [0.25, 0.3) is 0 Å². The van der Waals surface area contributed by atoms with Crippen molar-refractivity contribution in [3.63, 3.8) is 0 Å². The highest BCUT2D eigenvalue weighted by molar-refractivity contribution is 5.94. The fourth-order valence-corrected chi connectivity index (χ4v) is 2.90. The third kappa shape index (κ3) is 3.12. The average molecular weight is 277 g/mol. The van der Waals surface area contributed by atoms with Crippen molar-refractivity contribution in [2.24, 2.45) is 0 Å². The largest absolute Gasteiger partial charge is 0.508 e. The van der Waals surface area contributed by atoms with Crippen LogP contribution in [-0.2, 0) is 4.74 Å². The van der Waals surface area contributed by atoms with Crippen molar-refractivity contribution in [1.82, 2.24) is 4.90 Å². The smallest absolute Gasteiger partial charge is 0.254 e. The van der Waals surface area contributed by atoms with Gasteiger partial charge in [0.05, 0.1) is 11.2 Å². The number of ether oxygens (including phenoxy) is 1. The highest BCUT2D eigenvalue weighted by atomic mass is 16.5. The van der Waals surface area contributed by atoms with Crippen LogP contribution in [0, 0.1) is 6.92 Å². The maximum Gasteiger partial charge on any atom is 0.254 e. The molecular formula is C16H23NO3. The maximum absolute atomic E-state index is 12.6. The summed E-state index contributed by atoms with van der Waals surface area (Å²) in [5, 5.41) is 9.56. The van der Waals surface area contributed by atoms with E-state index in [1.54, 1.807) is 25.1 Å². The second-order valence-electron chi connectivity index (χ2n) is 6.78. The molecule has 0 spiro atoms. The predicted octanol–water partition coefficient (Wildman–Crippen LogP) is 2.73. The Labute approximate surface area is 120 Å². The number of aryl methyl sites for hydroxylation is 1. The zero-order valence-electron chi connectivity index (χ0n) is 12.9. The summed E-state index contributed by atoms with van der Waals surface area (Å²) in [6.45, 7) is 10.9. The summed E-state index contributed by atoms with van der Waals surface area (Å²) >= 11 is 0. The van der Waals surface area contributed by atoms with E-state index in [9.17, 15) is 9.90 Å². The minimum absolute atomic E-state index is 0.0162. The van der Waals surface area contributed by atoms with Crippen molar-refractivity contribution in [3.8, 4) is 5.75 Å². The van der Waals surface area contributed by atoms with Gasteiger partial charge in [0.1, 0.15) is 5.75 Å². The van der Waals surface area contributed by atoms with Crippen molar-refractivity contribution in [2.45, 2.75) is 45.8 Å². The van der Waals surface area contributed by atoms with Crippen LogP contribution in [0.15, 0.2) is 18.2 Å². The van der Waals surface area contributed by atoms with Gasteiger partial charge in [-0.05, 0) is 58.4 Å². The number of phenols is 1. The molecule has 1 aromatic carbocycles. The van der Waals surface area contributed by atoms with Crippen LogP contribution in [0.1, 0.15) is 43.6 Å². The number of carbonyl (C=O) groups is 1. The number of nitrogens with zero attached hydrogens (tertiary/aromatic N) is 1. The van der Waals surface area contributed by atoms with Crippen molar-refractivity contribution in [2.75, 3.05) is 13.1 Å². The van der Waals surface area contributed by atoms with E-state index in [1.807, 2.05) is 32.6 Å². The van der Waals surface area contributed by atoms with E-state index >= 15 is 0 Å². The molecule has 1 saturated heterocycles. The van der Waals surface area contributed by atoms with Gasteiger partial charge < -0.3 is 14.7 Å². The van der Waals surface area contributed by atoms with Crippen LogP contribution in [0.3, 0.4) is 0 Å². The fourth-order valence-electron chi connectivity index (χ4n) is 2.90. The van der Waals surface area contributed by atoms with Crippen molar-refractivity contribution in [3.05, 3.63) is 29.3 Å². The molecule has 1 fully saturated rings. The molecule has 0 radical (unpaired) electrons. The Morgan fingerprint density at radius 1 is 1.20 bits per heavy atom. The van der Waals surface area contributed by atoms with Gasteiger partial charge in [-0.15, -0.1) is 0 Å². The molecule has 0 unspecified atom stereocenters. The van der Waals surface area contributed by atoms with E-state index in [-0.39, 0.29) is 22.9 Å². The van der Waals surface area contributed by atoms with Gasteiger partial charge in [0.15, 0.2) is 0 Å². The maximum atomic E-state index is 12.6. The first-order valence-corrected chi connectivity index (χ1v) is 6.89. The molecule has 0 aliphatic carbocycles. The normalized spacial score (nSPS) is 20.8. The van der Waals surface area contributed by atoms with Gasteiger partial charge in [0.2, 0.25) is 0 Å². The molecule has 1 heterocycles. The predicted molar refractivity (Wildman–Crippen MR) is 78.0 cm³/mol. The van der Waals surface area contributed by atoms with Crippen molar-refractivity contribution >= 4 is 5.91 Å². The molecule has 1 N–H and O–H groups in total. The number of amides is 1. The van der Waals surface area contributed by atoms with E-state index in [2.05, 4.69) is 0 Å². The Hall–Kier alpha value is -1.55. The standard InChI is InChI=1S/C16H23NO3/c1-11-8-12(6-7-13(11)18)14(19)17-9-15(2,3)20-16(4,5)10-17/h6-8,18H,9-10H2,1-5H3. The number of benzene rings is 1. The van der Waals surface area contributed by atoms with Gasteiger partial charge in [-0.2, -0.15) is 0 Å². The van der Waals surface area contributed by atoms with Crippen LogP contribution >= 0.6 is 0 Å². The van der Waals surface area contributed by atoms with Gasteiger partial charge in [0.25, 0.3) is 5.91 Å². The molecule has 4 nitrogen and oxygen atoms in total. The SMILES string of the molecule is Cc1cc(C(=O)N2CC(C)(C)OC(C)(C)C2)ccc1O. The van der Waals surface area contributed by atoms with E-state index in [0.29, 0.717) is 24.2 Å². The number of carbonyl (C=O) groups excluding carboxylic acids is 1. The Kier molecular flexibility index (Phi) is 3.54. The average Bonchev–Trinajstić information content (AvgIpc) is 2.27. The lowest BCUT2D eigenvalue weighted by molar-refractivity contribution is -0.171. The topological polar surface area (TPSA) is 49.8 Å². The Bertz CT molecular complexity index is 519. The molecule has 20 heavy (non-hydrogen) atoms. The molecule has 1 aliphatic rings. The highest BCUT2D eigenvalue weighted by Crippen LogP contribution is 2.29. The van der Waals surface area contributed by atoms with E-state index < -0.39 is 0 Å². The number of rotatable bonds is 1.